The molecule has 5 heteroatoms. The molecule has 0 spiro atoms. The summed E-state index contributed by atoms with van der Waals surface area (Å²) in [6.07, 6.45) is 0. The van der Waals surface area contributed by atoms with Crippen LogP contribution < -0.4 is 15.4 Å². The molecule has 0 saturated heterocycles. The molecule has 0 aliphatic rings. The SMILES string of the molecule is COc1cc(N(C)Cc2ccc(Cl)cc2)c(F)cc1N. The molecule has 2 N–H and O–H groups in total. The first-order valence-corrected chi connectivity index (χ1v) is 6.47. The van der Waals surface area contributed by atoms with Gasteiger partial charge in [0, 0.05) is 30.7 Å². The molecule has 2 aromatic carbocycles. The van der Waals surface area contributed by atoms with E-state index in [9.17, 15) is 4.39 Å². The largest absolute Gasteiger partial charge is 0.495 e. The van der Waals surface area contributed by atoms with Crippen LogP contribution in [0.1, 0.15) is 5.56 Å². The summed E-state index contributed by atoms with van der Waals surface area (Å²) in [5.41, 5.74) is 7.43. The molecular weight excluding hydrogens is 279 g/mol. The first-order chi connectivity index (χ1) is 9.51. The third kappa shape index (κ3) is 3.14. The van der Waals surface area contributed by atoms with Gasteiger partial charge in [-0.15, -0.1) is 0 Å². The third-order valence-corrected chi connectivity index (χ3v) is 3.30. The molecule has 106 valence electrons. The van der Waals surface area contributed by atoms with Gasteiger partial charge >= 0.3 is 0 Å². The molecule has 0 atom stereocenters. The van der Waals surface area contributed by atoms with Crippen LogP contribution in [0.15, 0.2) is 36.4 Å². The topological polar surface area (TPSA) is 38.5 Å². The minimum absolute atomic E-state index is 0.286. The third-order valence-electron chi connectivity index (χ3n) is 3.04. The Hall–Kier alpha value is -1.94. The second-order valence-electron chi connectivity index (χ2n) is 4.53. The quantitative estimate of drug-likeness (QED) is 0.874. The zero-order chi connectivity index (χ0) is 14.7. The van der Waals surface area contributed by atoms with Crippen molar-refractivity contribution in [2.24, 2.45) is 0 Å². The van der Waals surface area contributed by atoms with Gasteiger partial charge in [0.1, 0.15) is 11.6 Å². The second kappa shape index (κ2) is 6.01. The van der Waals surface area contributed by atoms with Crippen LogP contribution in [0.25, 0.3) is 0 Å². The zero-order valence-electron chi connectivity index (χ0n) is 11.4. The molecule has 3 nitrogen and oxygen atoms in total. The van der Waals surface area contributed by atoms with E-state index in [0.29, 0.717) is 23.0 Å². The summed E-state index contributed by atoms with van der Waals surface area (Å²) in [6, 6.07) is 10.3. The van der Waals surface area contributed by atoms with Crippen molar-refractivity contribution in [3.63, 3.8) is 0 Å². The average molecular weight is 295 g/mol. The first kappa shape index (κ1) is 14.5. The van der Waals surface area contributed by atoms with Crippen LogP contribution >= 0.6 is 11.6 Å². The summed E-state index contributed by atoms with van der Waals surface area (Å²) in [5.74, 6) is 0.0871. The molecule has 0 bridgehead atoms. The molecule has 0 amide bonds. The van der Waals surface area contributed by atoms with Crippen molar-refractivity contribution in [2.45, 2.75) is 6.54 Å². The van der Waals surface area contributed by atoms with Crippen LogP contribution in [-0.4, -0.2) is 14.2 Å². The van der Waals surface area contributed by atoms with Crippen LogP contribution in [0.5, 0.6) is 5.75 Å². The molecule has 2 aromatic rings. The van der Waals surface area contributed by atoms with Gasteiger partial charge in [-0.1, -0.05) is 23.7 Å². The van der Waals surface area contributed by atoms with E-state index in [1.807, 2.05) is 31.3 Å². The molecule has 0 heterocycles. The van der Waals surface area contributed by atoms with Gasteiger partial charge in [0.2, 0.25) is 0 Å². The number of anilines is 2. The number of methoxy groups -OCH3 is 1. The lowest BCUT2D eigenvalue weighted by molar-refractivity contribution is 0.416. The summed E-state index contributed by atoms with van der Waals surface area (Å²) in [7, 11) is 3.31. The normalized spacial score (nSPS) is 10.4. The Kier molecular flexibility index (Phi) is 4.35. The number of nitrogens with two attached hydrogens (primary N) is 1. The fourth-order valence-corrected chi connectivity index (χ4v) is 2.10. The smallest absolute Gasteiger partial charge is 0.148 e. The number of hydrogen-bond donors (Lipinski definition) is 1. The molecule has 2 rings (SSSR count). The predicted octanol–water partition coefficient (Wildman–Crippen LogP) is 3.71. The van der Waals surface area contributed by atoms with Crippen molar-refractivity contribution < 1.29 is 9.13 Å². The fraction of sp³-hybridized carbons (Fsp3) is 0.200. The van der Waals surface area contributed by atoms with Crippen molar-refractivity contribution in [3.05, 3.63) is 52.8 Å². The number of benzene rings is 2. The maximum Gasteiger partial charge on any atom is 0.148 e. The van der Waals surface area contributed by atoms with Crippen LogP contribution in [0.2, 0.25) is 5.02 Å². The van der Waals surface area contributed by atoms with E-state index in [-0.39, 0.29) is 11.5 Å². The fourth-order valence-electron chi connectivity index (χ4n) is 1.98. The summed E-state index contributed by atoms with van der Waals surface area (Å²) in [4.78, 5) is 1.79. The van der Waals surface area contributed by atoms with Crippen LogP contribution in [0.3, 0.4) is 0 Å². The highest BCUT2D eigenvalue weighted by atomic mass is 35.5. The number of halogens is 2. The molecule has 20 heavy (non-hydrogen) atoms. The lowest BCUT2D eigenvalue weighted by atomic mass is 10.2. The van der Waals surface area contributed by atoms with Crippen molar-refractivity contribution in [3.8, 4) is 5.75 Å². The maximum absolute atomic E-state index is 14.0. The Balaban J connectivity index is 2.24. The highest BCUT2D eigenvalue weighted by Crippen LogP contribution is 2.30. The highest BCUT2D eigenvalue weighted by Gasteiger charge is 2.12. The van der Waals surface area contributed by atoms with E-state index in [2.05, 4.69) is 0 Å². The molecular formula is C15H16ClFN2O. The second-order valence-corrected chi connectivity index (χ2v) is 4.96. The minimum atomic E-state index is -0.375. The number of nitrogen functional groups attached to an aromatic ring is 1. The summed E-state index contributed by atoms with van der Waals surface area (Å²) >= 11 is 5.84. The number of nitrogens with zero attached hydrogens (tertiary/aromatic N) is 1. The van der Waals surface area contributed by atoms with Gasteiger partial charge in [-0.2, -0.15) is 0 Å². The Morgan fingerprint density at radius 3 is 2.50 bits per heavy atom. The monoisotopic (exact) mass is 294 g/mol. The van der Waals surface area contributed by atoms with E-state index in [0.717, 1.165) is 5.56 Å². The van der Waals surface area contributed by atoms with Crippen molar-refractivity contribution >= 4 is 23.0 Å². The van der Waals surface area contributed by atoms with Gasteiger partial charge in [0.25, 0.3) is 0 Å². The minimum Gasteiger partial charge on any atom is -0.495 e. The molecule has 0 aliphatic carbocycles. The van der Waals surface area contributed by atoms with Crippen LogP contribution in [0.4, 0.5) is 15.8 Å². The molecule has 0 aromatic heterocycles. The van der Waals surface area contributed by atoms with Gasteiger partial charge < -0.3 is 15.4 Å². The average Bonchev–Trinajstić information content (AvgIpc) is 2.41. The Bertz CT molecular complexity index is 602. The van der Waals surface area contributed by atoms with Crippen molar-refractivity contribution in [2.75, 3.05) is 24.8 Å². The highest BCUT2D eigenvalue weighted by molar-refractivity contribution is 6.30. The number of hydrogen-bond acceptors (Lipinski definition) is 3. The van der Waals surface area contributed by atoms with E-state index < -0.39 is 0 Å². The lowest BCUT2D eigenvalue weighted by Crippen LogP contribution is -2.18. The van der Waals surface area contributed by atoms with E-state index >= 15 is 0 Å². The van der Waals surface area contributed by atoms with Crippen LogP contribution in [-0.2, 0) is 6.54 Å². The molecule has 0 saturated carbocycles. The number of rotatable bonds is 4. The Labute approximate surface area is 122 Å². The van der Waals surface area contributed by atoms with Gasteiger partial charge in [0.05, 0.1) is 18.5 Å². The summed E-state index contributed by atoms with van der Waals surface area (Å²) < 4.78 is 19.1. The Morgan fingerprint density at radius 1 is 1.25 bits per heavy atom. The van der Waals surface area contributed by atoms with Crippen LogP contribution in [0, 0.1) is 5.82 Å². The zero-order valence-corrected chi connectivity index (χ0v) is 12.1. The van der Waals surface area contributed by atoms with E-state index in [1.165, 1.54) is 13.2 Å². The summed E-state index contributed by atoms with van der Waals surface area (Å²) in [5, 5.41) is 0.678. The van der Waals surface area contributed by atoms with Gasteiger partial charge in [0.15, 0.2) is 0 Å². The first-order valence-electron chi connectivity index (χ1n) is 6.10. The van der Waals surface area contributed by atoms with Crippen molar-refractivity contribution in [1.82, 2.24) is 0 Å². The number of ether oxygens (including phenoxy) is 1. The van der Waals surface area contributed by atoms with Gasteiger partial charge in [-0.3, -0.25) is 0 Å². The Morgan fingerprint density at radius 2 is 1.90 bits per heavy atom. The van der Waals surface area contributed by atoms with Gasteiger partial charge in [-0.05, 0) is 17.7 Å². The van der Waals surface area contributed by atoms with E-state index in [1.54, 1.807) is 11.0 Å². The molecule has 0 unspecified atom stereocenters. The maximum atomic E-state index is 14.0. The van der Waals surface area contributed by atoms with Crippen molar-refractivity contribution in [1.29, 1.82) is 0 Å². The predicted molar refractivity (Wildman–Crippen MR) is 80.9 cm³/mol. The standard InChI is InChI=1S/C15H16ClFN2O/c1-19(9-10-3-5-11(16)6-4-10)14-8-15(20-2)13(18)7-12(14)17/h3-8H,9,18H2,1-2H3. The van der Waals surface area contributed by atoms with Gasteiger partial charge in [-0.25, -0.2) is 4.39 Å². The summed E-state index contributed by atoms with van der Waals surface area (Å²) in [6.45, 7) is 0.557. The molecule has 0 radical (unpaired) electrons. The molecule has 0 aliphatic heterocycles. The molecule has 0 fully saturated rings. The van der Waals surface area contributed by atoms with E-state index in [4.69, 9.17) is 22.1 Å². The lowest BCUT2D eigenvalue weighted by Gasteiger charge is -2.21.